The van der Waals surface area contributed by atoms with Gasteiger partial charge >= 0.3 is 0 Å². The molecule has 1 heterocycles. The molecule has 1 aromatic heterocycles. The Kier molecular flexibility index (Phi) is 2.46. The molecule has 1 rings (SSSR count). The number of anilines is 1. The van der Waals surface area contributed by atoms with Gasteiger partial charge < -0.3 is 4.90 Å². The van der Waals surface area contributed by atoms with Crippen LogP contribution in [0.15, 0.2) is 12.3 Å². The van der Waals surface area contributed by atoms with E-state index in [0.29, 0.717) is 0 Å². The van der Waals surface area contributed by atoms with Gasteiger partial charge in [-0.25, -0.2) is 4.98 Å². The Balaban J connectivity index is 3.13. The molecule has 0 aliphatic carbocycles. The minimum Gasteiger partial charge on any atom is -0.363 e. The van der Waals surface area contributed by atoms with Crippen LogP contribution < -0.4 is 4.90 Å². The Morgan fingerprint density at radius 1 is 1.54 bits per heavy atom. The average Bonchev–Trinajstić information content (AvgIpc) is 2.03. The highest BCUT2D eigenvalue weighted by atomic mass is 16.6. The Labute approximate surface area is 76.2 Å². The van der Waals surface area contributed by atoms with Gasteiger partial charge in [-0.2, -0.15) is 0 Å². The molecular formula is C8H11N3O2. The molecule has 0 spiro atoms. The van der Waals surface area contributed by atoms with Crippen LogP contribution in [-0.2, 0) is 0 Å². The van der Waals surface area contributed by atoms with E-state index in [9.17, 15) is 10.1 Å². The summed E-state index contributed by atoms with van der Waals surface area (Å²) in [4.78, 5) is 15.7. The minimum absolute atomic E-state index is 0.0306. The maximum absolute atomic E-state index is 10.4. The molecule has 5 heteroatoms. The molecule has 0 unspecified atom stereocenters. The molecule has 0 radical (unpaired) electrons. The summed E-state index contributed by atoms with van der Waals surface area (Å²) in [6.07, 6.45) is 1.27. The van der Waals surface area contributed by atoms with Crippen LogP contribution in [-0.4, -0.2) is 24.0 Å². The molecule has 13 heavy (non-hydrogen) atoms. The van der Waals surface area contributed by atoms with Crippen molar-refractivity contribution >= 4 is 11.5 Å². The van der Waals surface area contributed by atoms with Crippen LogP contribution in [0.2, 0.25) is 0 Å². The Morgan fingerprint density at radius 3 is 2.54 bits per heavy atom. The molecule has 0 bridgehead atoms. The van der Waals surface area contributed by atoms with Gasteiger partial charge in [-0.3, -0.25) is 10.1 Å². The predicted octanol–water partition coefficient (Wildman–Crippen LogP) is 1.36. The molecule has 0 aliphatic heterocycles. The van der Waals surface area contributed by atoms with Crippen LogP contribution in [0.25, 0.3) is 0 Å². The number of hydrogen-bond donors (Lipinski definition) is 0. The number of pyridine rings is 1. The SMILES string of the molecule is Cc1cc([N+](=O)[O-])cnc1N(C)C. The first-order valence-electron chi connectivity index (χ1n) is 3.80. The van der Waals surface area contributed by atoms with E-state index in [4.69, 9.17) is 0 Å². The lowest BCUT2D eigenvalue weighted by atomic mass is 10.2. The zero-order valence-electron chi connectivity index (χ0n) is 7.81. The van der Waals surface area contributed by atoms with Crippen LogP contribution in [0.3, 0.4) is 0 Å². The van der Waals surface area contributed by atoms with Crippen molar-refractivity contribution in [2.45, 2.75) is 6.92 Å². The van der Waals surface area contributed by atoms with Crippen molar-refractivity contribution < 1.29 is 4.92 Å². The van der Waals surface area contributed by atoms with Crippen molar-refractivity contribution in [3.8, 4) is 0 Å². The van der Waals surface area contributed by atoms with Crippen molar-refractivity contribution in [3.05, 3.63) is 27.9 Å². The number of aromatic nitrogens is 1. The fourth-order valence-electron chi connectivity index (χ4n) is 1.12. The third kappa shape index (κ3) is 1.93. The standard InChI is InChI=1S/C8H11N3O2/c1-6-4-7(11(12)13)5-9-8(6)10(2)3/h4-5H,1-3H3. The third-order valence-electron chi connectivity index (χ3n) is 1.67. The number of rotatable bonds is 2. The first kappa shape index (κ1) is 9.44. The van der Waals surface area contributed by atoms with Gasteiger partial charge in [0, 0.05) is 20.2 Å². The Bertz CT molecular complexity index is 336. The molecule has 0 saturated heterocycles. The van der Waals surface area contributed by atoms with Crippen LogP contribution >= 0.6 is 0 Å². The maximum Gasteiger partial charge on any atom is 0.287 e. The van der Waals surface area contributed by atoms with Crippen LogP contribution in [0.5, 0.6) is 0 Å². The summed E-state index contributed by atoms with van der Waals surface area (Å²) < 4.78 is 0. The minimum atomic E-state index is -0.445. The quantitative estimate of drug-likeness (QED) is 0.510. The summed E-state index contributed by atoms with van der Waals surface area (Å²) in [6, 6.07) is 1.52. The first-order valence-corrected chi connectivity index (χ1v) is 3.80. The largest absolute Gasteiger partial charge is 0.363 e. The number of hydrogen-bond acceptors (Lipinski definition) is 4. The summed E-state index contributed by atoms with van der Waals surface area (Å²) >= 11 is 0. The van der Waals surface area contributed by atoms with E-state index in [1.807, 2.05) is 19.0 Å². The summed E-state index contributed by atoms with van der Waals surface area (Å²) in [5.41, 5.74) is 0.835. The summed E-state index contributed by atoms with van der Waals surface area (Å²) in [6.45, 7) is 1.80. The number of nitrogens with zero attached hydrogens (tertiary/aromatic N) is 3. The molecule has 70 valence electrons. The number of nitro groups is 1. The van der Waals surface area contributed by atoms with Crippen LogP contribution in [0.1, 0.15) is 5.56 Å². The Morgan fingerprint density at radius 2 is 2.15 bits per heavy atom. The van der Waals surface area contributed by atoms with Gasteiger partial charge in [-0.15, -0.1) is 0 Å². The topological polar surface area (TPSA) is 59.3 Å². The summed E-state index contributed by atoms with van der Waals surface area (Å²) in [5.74, 6) is 0.755. The van der Waals surface area contributed by atoms with Gasteiger partial charge in [0.25, 0.3) is 5.69 Å². The zero-order valence-corrected chi connectivity index (χ0v) is 7.81. The normalized spacial score (nSPS) is 9.77. The number of aryl methyl sites for hydroxylation is 1. The lowest BCUT2D eigenvalue weighted by Crippen LogP contribution is -2.12. The molecular weight excluding hydrogens is 170 g/mol. The van der Waals surface area contributed by atoms with Gasteiger partial charge in [-0.1, -0.05) is 0 Å². The fraction of sp³-hybridized carbons (Fsp3) is 0.375. The van der Waals surface area contributed by atoms with E-state index in [0.717, 1.165) is 11.4 Å². The molecule has 1 aromatic rings. The van der Waals surface area contributed by atoms with E-state index in [1.54, 1.807) is 6.92 Å². The lowest BCUT2D eigenvalue weighted by Gasteiger charge is -2.12. The van der Waals surface area contributed by atoms with E-state index < -0.39 is 4.92 Å². The van der Waals surface area contributed by atoms with E-state index in [2.05, 4.69) is 4.98 Å². The first-order chi connectivity index (χ1) is 6.02. The predicted molar refractivity (Wildman–Crippen MR) is 50.0 cm³/mol. The highest BCUT2D eigenvalue weighted by molar-refractivity contribution is 5.49. The van der Waals surface area contributed by atoms with Crippen molar-refractivity contribution in [2.75, 3.05) is 19.0 Å². The summed E-state index contributed by atoms with van der Waals surface area (Å²) in [7, 11) is 3.70. The van der Waals surface area contributed by atoms with Crippen molar-refractivity contribution in [1.29, 1.82) is 0 Å². The van der Waals surface area contributed by atoms with E-state index in [1.165, 1.54) is 12.3 Å². The van der Waals surface area contributed by atoms with E-state index >= 15 is 0 Å². The maximum atomic E-state index is 10.4. The molecule has 0 fully saturated rings. The zero-order chi connectivity index (χ0) is 10.0. The van der Waals surface area contributed by atoms with Gasteiger partial charge in [-0.05, 0) is 12.5 Å². The highest BCUT2D eigenvalue weighted by Crippen LogP contribution is 2.19. The van der Waals surface area contributed by atoms with Gasteiger partial charge in [0.1, 0.15) is 12.0 Å². The second-order valence-electron chi connectivity index (χ2n) is 2.99. The molecule has 0 aromatic carbocycles. The molecule has 5 nitrogen and oxygen atoms in total. The molecule has 0 N–H and O–H groups in total. The smallest absolute Gasteiger partial charge is 0.287 e. The van der Waals surface area contributed by atoms with Gasteiger partial charge in [0.2, 0.25) is 0 Å². The van der Waals surface area contributed by atoms with Crippen molar-refractivity contribution in [1.82, 2.24) is 4.98 Å². The molecule has 0 saturated carbocycles. The molecule has 0 amide bonds. The lowest BCUT2D eigenvalue weighted by molar-refractivity contribution is -0.385. The van der Waals surface area contributed by atoms with Gasteiger partial charge in [0.15, 0.2) is 0 Å². The van der Waals surface area contributed by atoms with Crippen molar-refractivity contribution in [2.24, 2.45) is 0 Å². The van der Waals surface area contributed by atoms with Crippen LogP contribution in [0.4, 0.5) is 11.5 Å². The molecule has 0 aliphatic rings. The van der Waals surface area contributed by atoms with Crippen molar-refractivity contribution in [3.63, 3.8) is 0 Å². The molecule has 0 atom stereocenters. The monoisotopic (exact) mass is 181 g/mol. The fourth-order valence-corrected chi connectivity index (χ4v) is 1.12. The Hall–Kier alpha value is -1.65. The van der Waals surface area contributed by atoms with E-state index in [-0.39, 0.29) is 5.69 Å². The van der Waals surface area contributed by atoms with Gasteiger partial charge in [0.05, 0.1) is 4.92 Å². The third-order valence-corrected chi connectivity index (χ3v) is 1.67. The van der Waals surface area contributed by atoms with Crippen LogP contribution in [0, 0.1) is 17.0 Å². The second-order valence-corrected chi connectivity index (χ2v) is 2.99. The summed E-state index contributed by atoms with van der Waals surface area (Å²) in [5, 5.41) is 10.4. The average molecular weight is 181 g/mol. The second kappa shape index (κ2) is 3.38. The highest BCUT2D eigenvalue weighted by Gasteiger charge is 2.09.